The van der Waals surface area contributed by atoms with E-state index in [1.807, 2.05) is 79.0 Å². The van der Waals surface area contributed by atoms with Gasteiger partial charge in [0.25, 0.3) is 0 Å². The van der Waals surface area contributed by atoms with Crippen LogP contribution in [0.4, 0.5) is 17.1 Å². The number of benzene rings is 4. The van der Waals surface area contributed by atoms with E-state index in [2.05, 4.69) is 67.3 Å². The molecule has 1 aliphatic heterocycles. The Bertz CT molecular complexity index is 1490. The molecular formula is C32H27N2OP. The number of nitrogens with zero attached hydrogens (tertiary/aromatic N) is 2. The van der Waals surface area contributed by atoms with Gasteiger partial charge in [0.1, 0.15) is 5.44 Å². The molecule has 2 heterocycles. The molecule has 0 aliphatic carbocycles. The van der Waals surface area contributed by atoms with Crippen molar-refractivity contribution in [1.29, 1.82) is 0 Å². The lowest BCUT2D eigenvalue weighted by Crippen LogP contribution is -2.31. The third-order valence-electron chi connectivity index (χ3n) is 7.19. The Morgan fingerprint density at radius 2 is 1.08 bits per heavy atom. The molecule has 0 radical (unpaired) electrons. The molecule has 0 saturated heterocycles. The van der Waals surface area contributed by atoms with Gasteiger partial charge in [-0.2, -0.15) is 0 Å². The summed E-state index contributed by atoms with van der Waals surface area (Å²) in [5, 5.41) is 1.57. The first kappa shape index (κ1) is 22.5. The van der Waals surface area contributed by atoms with Crippen LogP contribution in [-0.2, 0) is 9.98 Å². The first-order valence-electron chi connectivity index (χ1n) is 12.2. The third-order valence-corrected chi connectivity index (χ3v) is 10.1. The molecule has 0 spiro atoms. The standard InChI is InChI=1S/C32H27N2OP/c1-32(2)27-17-9-11-19-29(27)34(30-20-12-10-18-28(30)32)24-21-22-31(33-23-24)36(35,25-13-5-3-6-14-25)26-15-7-4-8-16-26/h3-23H,1-2H3. The first-order valence-corrected chi connectivity index (χ1v) is 13.9. The van der Waals surface area contributed by atoms with Crippen molar-refractivity contribution in [2.24, 2.45) is 0 Å². The van der Waals surface area contributed by atoms with Gasteiger partial charge in [0.05, 0.1) is 23.3 Å². The maximum Gasteiger partial charge on any atom is 0.188 e. The fourth-order valence-corrected chi connectivity index (χ4v) is 7.85. The van der Waals surface area contributed by atoms with Crippen molar-refractivity contribution < 1.29 is 4.57 Å². The monoisotopic (exact) mass is 486 g/mol. The largest absolute Gasteiger partial charge is 0.308 e. The van der Waals surface area contributed by atoms with Gasteiger partial charge >= 0.3 is 0 Å². The molecule has 6 rings (SSSR count). The van der Waals surface area contributed by atoms with Crippen LogP contribution in [0.2, 0.25) is 0 Å². The number of hydrogen-bond donors (Lipinski definition) is 0. The fourth-order valence-electron chi connectivity index (χ4n) is 5.33. The molecule has 5 aromatic rings. The summed E-state index contributed by atoms with van der Waals surface area (Å²) in [6.07, 6.45) is 1.86. The molecule has 0 fully saturated rings. The van der Waals surface area contributed by atoms with E-state index in [4.69, 9.17) is 4.98 Å². The minimum absolute atomic E-state index is 0.118. The molecule has 176 valence electrons. The summed E-state index contributed by atoms with van der Waals surface area (Å²) in [7, 11) is -3.12. The summed E-state index contributed by atoms with van der Waals surface area (Å²) in [6.45, 7) is 4.55. The van der Waals surface area contributed by atoms with Crippen molar-refractivity contribution in [3.63, 3.8) is 0 Å². The van der Waals surface area contributed by atoms with Gasteiger partial charge in [-0.1, -0.05) is 111 Å². The molecule has 0 atom stereocenters. The number of aromatic nitrogens is 1. The second kappa shape index (κ2) is 8.62. The summed E-state index contributed by atoms with van der Waals surface area (Å²) in [5.41, 5.74) is 6.24. The van der Waals surface area contributed by atoms with E-state index in [0.29, 0.717) is 5.44 Å². The highest BCUT2D eigenvalue weighted by atomic mass is 31.2. The highest BCUT2D eigenvalue weighted by molar-refractivity contribution is 7.85. The number of pyridine rings is 1. The van der Waals surface area contributed by atoms with Crippen molar-refractivity contribution in [2.45, 2.75) is 19.3 Å². The quantitative estimate of drug-likeness (QED) is 0.261. The van der Waals surface area contributed by atoms with Crippen LogP contribution in [0.5, 0.6) is 0 Å². The zero-order valence-corrected chi connectivity index (χ0v) is 21.3. The summed E-state index contributed by atoms with van der Waals surface area (Å²) in [5.74, 6) is 0. The van der Waals surface area contributed by atoms with Crippen LogP contribution in [0.15, 0.2) is 128 Å². The summed E-state index contributed by atoms with van der Waals surface area (Å²) in [4.78, 5) is 7.12. The predicted octanol–water partition coefficient (Wildman–Crippen LogP) is 6.83. The molecule has 1 aromatic heterocycles. The number of anilines is 3. The van der Waals surface area contributed by atoms with Crippen molar-refractivity contribution in [2.75, 3.05) is 4.90 Å². The smallest absolute Gasteiger partial charge is 0.188 e. The highest BCUT2D eigenvalue weighted by Crippen LogP contribution is 2.51. The summed E-state index contributed by atoms with van der Waals surface area (Å²) in [6, 6.07) is 40.4. The van der Waals surface area contributed by atoms with Gasteiger partial charge < -0.3 is 9.46 Å². The molecule has 36 heavy (non-hydrogen) atoms. The van der Waals surface area contributed by atoms with Crippen molar-refractivity contribution in [3.05, 3.63) is 139 Å². The Labute approximate surface area is 212 Å². The van der Waals surface area contributed by atoms with E-state index < -0.39 is 7.14 Å². The lowest BCUT2D eigenvalue weighted by atomic mass is 9.73. The minimum Gasteiger partial charge on any atom is -0.308 e. The van der Waals surface area contributed by atoms with Crippen LogP contribution in [0.1, 0.15) is 25.0 Å². The molecule has 4 aromatic carbocycles. The van der Waals surface area contributed by atoms with Gasteiger partial charge in [-0.15, -0.1) is 0 Å². The second-order valence-electron chi connectivity index (χ2n) is 9.65. The van der Waals surface area contributed by atoms with E-state index in [1.54, 1.807) is 0 Å². The Kier molecular flexibility index (Phi) is 5.39. The Balaban J connectivity index is 1.51. The molecule has 1 aliphatic rings. The lowest BCUT2D eigenvalue weighted by Gasteiger charge is -2.41. The number of para-hydroxylation sites is 2. The topological polar surface area (TPSA) is 33.2 Å². The van der Waals surface area contributed by atoms with Crippen LogP contribution >= 0.6 is 7.14 Å². The normalized spacial score (nSPS) is 14.1. The van der Waals surface area contributed by atoms with Gasteiger partial charge in [-0.3, -0.25) is 4.98 Å². The van der Waals surface area contributed by atoms with Crippen molar-refractivity contribution in [3.8, 4) is 0 Å². The average molecular weight is 487 g/mol. The van der Waals surface area contributed by atoms with Gasteiger partial charge in [0, 0.05) is 16.0 Å². The SMILES string of the molecule is CC1(C)c2ccccc2N(c2ccc(P(=O)(c3ccccc3)c3ccccc3)nc2)c2ccccc21. The van der Waals surface area contributed by atoms with E-state index >= 15 is 0 Å². The molecule has 0 amide bonds. The molecule has 0 saturated carbocycles. The van der Waals surface area contributed by atoms with Gasteiger partial charge in [0.15, 0.2) is 7.14 Å². The Morgan fingerprint density at radius 1 is 0.611 bits per heavy atom. The fraction of sp³-hybridized carbons (Fsp3) is 0.0938. The maximum atomic E-state index is 14.7. The Morgan fingerprint density at radius 3 is 1.56 bits per heavy atom. The minimum atomic E-state index is -3.12. The predicted molar refractivity (Wildman–Crippen MR) is 150 cm³/mol. The van der Waals surface area contributed by atoms with Gasteiger partial charge in [-0.05, 0) is 35.4 Å². The van der Waals surface area contributed by atoms with Crippen LogP contribution in [0.25, 0.3) is 0 Å². The zero-order valence-electron chi connectivity index (χ0n) is 20.4. The molecule has 0 unspecified atom stereocenters. The molecule has 4 heteroatoms. The molecule has 0 bridgehead atoms. The second-order valence-corrected chi connectivity index (χ2v) is 12.4. The van der Waals surface area contributed by atoms with Crippen LogP contribution in [0.3, 0.4) is 0 Å². The van der Waals surface area contributed by atoms with E-state index in [0.717, 1.165) is 27.7 Å². The average Bonchev–Trinajstić information content (AvgIpc) is 2.94. The summed E-state index contributed by atoms with van der Waals surface area (Å²) < 4.78 is 14.7. The number of rotatable bonds is 4. The van der Waals surface area contributed by atoms with Gasteiger partial charge in [-0.25, -0.2) is 0 Å². The maximum absolute atomic E-state index is 14.7. The van der Waals surface area contributed by atoms with E-state index in [9.17, 15) is 4.57 Å². The highest BCUT2D eigenvalue weighted by Gasteiger charge is 2.37. The number of fused-ring (bicyclic) bond motifs is 2. The van der Waals surface area contributed by atoms with E-state index in [-0.39, 0.29) is 5.41 Å². The lowest BCUT2D eigenvalue weighted by molar-refractivity contribution is 0.592. The Hall–Kier alpha value is -3.94. The molecular weight excluding hydrogens is 459 g/mol. The molecule has 0 N–H and O–H groups in total. The summed E-state index contributed by atoms with van der Waals surface area (Å²) >= 11 is 0. The zero-order chi connectivity index (χ0) is 24.8. The first-order chi connectivity index (χ1) is 17.5. The number of hydrogen-bond acceptors (Lipinski definition) is 3. The van der Waals surface area contributed by atoms with Crippen LogP contribution in [0, 0.1) is 0 Å². The van der Waals surface area contributed by atoms with Crippen LogP contribution < -0.4 is 20.9 Å². The van der Waals surface area contributed by atoms with E-state index in [1.165, 1.54) is 11.1 Å². The van der Waals surface area contributed by atoms with Crippen LogP contribution in [-0.4, -0.2) is 4.98 Å². The van der Waals surface area contributed by atoms with Gasteiger partial charge in [0.2, 0.25) is 0 Å². The van der Waals surface area contributed by atoms with Crippen molar-refractivity contribution >= 4 is 40.2 Å². The third kappa shape index (κ3) is 3.43. The van der Waals surface area contributed by atoms with Crippen molar-refractivity contribution in [1.82, 2.24) is 4.98 Å². The molecule has 3 nitrogen and oxygen atoms in total.